The van der Waals surface area contributed by atoms with E-state index in [1.165, 1.54) is 7.11 Å². The molecule has 212 valence electrons. The summed E-state index contributed by atoms with van der Waals surface area (Å²) < 4.78 is 4.79. The molecule has 2 bridgehead atoms. The molecule has 2 amide bonds. The van der Waals surface area contributed by atoms with Gasteiger partial charge in [-0.1, -0.05) is 62.4 Å². The smallest absolute Gasteiger partial charge is 0.407 e. The van der Waals surface area contributed by atoms with Gasteiger partial charge in [0.25, 0.3) is 0 Å². The van der Waals surface area contributed by atoms with E-state index in [4.69, 9.17) is 9.72 Å². The van der Waals surface area contributed by atoms with Crippen LogP contribution in [0.4, 0.5) is 4.79 Å². The third kappa shape index (κ3) is 5.12. The zero-order valence-electron chi connectivity index (χ0n) is 23.8. The molecule has 6 rings (SSSR count). The summed E-state index contributed by atoms with van der Waals surface area (Å²) in [6.07, 6.45) is 6.12. The molecule has 2 aliphatic rings. The molecule has 0 unspecified atom stereocenters. The Bertz CT molecular complexity index is 1540. The van der Waals surface area contributed by atoms with E-state index in [0.29, 0.717) is 5.92 Å². The maximum absolute atomic E-state index is 13.8. The van der Waals surface area contributed by atoms with Crippen molar-refractivity contribution in [2.45, 2.75) is 58.2 Å². The van der Waals surface area contributed by atoms with Crippen molar-refractivity contribution in [3.63, 3.8) is 0 Å². The molecular weight excluding hydrogens is 516 g/mol. The lowest BCUT2D eigenvalue weighted by molar-refractivity contribution is -0.139. The molecule has 2 fully saturated rings. The number of amides is 2. The number of rotatable bonds is 7. The molecule has 1 aliphatic heterocycles. The predicted molar refractivity (Wildman–Crippen MR) is 157 cm³/mol. The number of aryl methyl sites for hydroxylation is 1. The number of carbonyl (C=O) groups is 2. The van der Waals surface area contributed by atoms with E-state index in [9.17, 15) is 9.59 Å². The van der Waals surface area contributed by atoms with Crippen molar-refractivity contribution in [2.75, 3.05) is 7.11 Å². The molecule has 0 spiro atoms. The number of nitrogens with one attached hydrogen (secondary N) is 3. The Labute approximate surface area is 239 Å². The minimum atomic E-state index is -0.649. The van der Waals surface area contributed by atoms with Gasteiger partial charge in [0.2, 0.25) is 5.91 Å². The number of piperidine rings is 1. The Morgan fingerprint density at radius 3 is 2.05 bits per heavy atom. The third-order valence-corrected chi connectivity index (χ3v) is 8.53. The number of alkyl carbamates (subject to hydrolysis) is 1. The fourth-order valence-electron chi connectivity index (χ4n) is 6.40. The molecule has 2 aromatic heterocycles. The normalized spacial score (nSPS) is 20.4. The van der Waals surface area contributed by atoms with Crippen LogP contribution in [0.2, 0.25) is 0 Å². The molecule has 0 radical (unpaired) electrons. The number of aromatic nitrogens is 4. The number of hydrogen-bond donors (Lipinski definition) is 3. The van der Waals surface area contributed by atoms with Crippen molar-refractivity contribution >= 4 is 12.0 Å². The molecule has 4 atom stereocenters. The van der Waals surface area contributed by atoms with Gasteiger partial charge in [0.05, 0.1) is 36.9 Å². The van der Waals surface area contributed by atoms with Gasteiger partial charge in [0, 0.05) is 6.04 Å². The van der Waals surface area contributed by atoms with Crippen molar-refractivity contribution in [1.29, 1.82) is 0 Å². The number of nitrogens with zero attached hydrogens (tertiary/aromatic N) is 3. The van der Waals surface area contributed by atoms with Crippen LogP contribution in [0.15, 0.2) is 60.9 Å². The van der Waals surface area contributed by atoms with Gasteiger partial charge in [0.1, 0.15) is 17.7 Å². The highest BCUT2D eigenvalue weighted by molar-refractivity contribution is 5.87. The van der Waals surface area contributed by atoms with Crippen LogP contribution in [0.1, 0.15) is 50.8 Å². The number of hydrogen-bond acceptors (Lipinski definition) is 5. The number of likely N-dealkylation sites (tertiary alicyclic amines) is 1. The standard InChI is InChI=1S/C32H36N6O3/c1-18(2)28(37-32(40)41-4)31(39)38-25-14-13-24(15-25)29(38)30-34-17-27(36-30)23-11-7-21(8-12-23)20-5-9-22(10-6-20)26-16-33-19(3)35-26/h5-12,16-18,24-25,28-29H,13-15H2,1-4H3,(H,33,35)(H,34,36)(H,37,40)/t24-,25+,28+,29+/m1/s1. The van der Waals surface area contributed by atoms with Crippen molar-refractivity contribution in [3.8, 4) is 33.6 Å². The Balaban J connectivity index is 1.20. The molecule has 3 N–H and O–H groups in total. The van der Waals surface area contributed by atoms with Crippen LogP contribution in [0, 0.1) is 18.8 Å². The van der Waals surface area contributed by atoms with Gasteiger partial charge in [-0.15, -0.1) is 0 Å². The number of carbonyl (C=O) groups excluding carboxylic acids is 2. The molecule has 2 aromatic carbocycles. The maximum atomic E-state index is 13.8. The monoisotopic (exact) mass is 552 g/mol. The van der Waals surface area contributed by atoms with Crippen molar-refractivity contribution in [2.24, 2.45) is 11.8 Å². The third-order valence-electron chi connectivity index (χ3n) is 8.53. The summed E-state index contributed by atoms with van der Waals surface area (Å²) in [5.74, 6) is 1.91. The van der Waals surface area contributed by atoms with Gasteiger partial charge >= 0.3 is 6.09 Å². The van der Waals surface area contributed by atoms with Gasteiger partial charge in [-0.05, 0) is 60.3 Å². The molecule has 1 aliphatic carbocycles. The predicted octanol–water partition coefficient (Wildman–Crippen LogP) is 5.87. The van der Waals surface area contributed by atoms with Crippen molar-refractivity contribution < 1.29 is 14.3 Å². The number of ether oxygens (including phenoxy) is 1. The van der Waals surface area contributed by atoms with Crippen LogP contribution in [0.25, 0.3) is 33.6 Å². The SMILES string of the molecule is COC(=O)N[C@H](C(=O)N1[C@H]2CC[C@H](C2)[C@H]1c1ncc(-c2ccc(-c3ccc(-c4cnc(C)[nH]4)cc3)cc2)[nH]1)C(C)C. The Hall–Kier alpha value is -4.40. The summed E-state index contributed by atoms with van der Waals surface area (Å²) in [5, 5.41) is 2.75. The van der Waals surface area contributed by atoms with Crippen molar-refractivity contribution in [3.05, 3.63) is 72.6 Å². The number of benzene rings is 2. The second-order valence-corrected chi connectivity index (χ2v) is 11.5. The number of aromatic amines is 2. The Kier molecular flexibility index (Phi) is 7.11. The van der Waals surface area contributed by atoms with Crippen LogP contribution in [0.5, 0.6) is 0 Å². The van der Waals surface area contributed by atoms with Crippen LogP contribution in [0.3, 0.4) is 0 Å². The Morgan fingerprint density at radius 2 is 1.49 bits per heavy atom. The summed E-state index contributed by atoms with van der Waals surface area (Å²) in [7, 11) is 1.31. The van der Waals surface area contributed by atoms with Gasteiger partial charge in [0.15, 0.2) is 0 Å². The highest BCUT2D eigenvalue weighted by atomic mass is 16.5. The topological polar surface area (TPSA) is 116 Å². The first-order chi connectivity index (χ1) is 19.8. The van der Waals surface area contributed by atoms with E-state index in [2.05, 4.69) is 68.8 Å². The molecule has 9 nitrogen and oxygen atoms in total. The molecule has 41 heavy (non-hydrogen) atoms. The van der Waals surface area contributed by atoms with Gasteiger partial charge < -0.3 is 24.9 Å². The summed E-state index contributed by atoms with van der Waals surface area (Å²) in [6.45, 7) is 5.82. The highest BCUT2D eigenvalue weighted by Gasteiger charge is 2.51. The average Bonchev–Trinajstić information content (AvgIpc) is 3.80. The zero-order chi connectivity index (χ0) is 28.7. The average molecular weight is 553 g/mol. The van der Waals surface area contributed by atoms with Gasteiger partial charge in [-0.3, -0.25) is 4.79 Å². The second-order valence-electron chi connectivity index (χ2n) is 11.5. The first-order valence-electron chi connectivity index (χ1n) is 14.3. The van der Waals surface area contributed by atoms with Gasteiger partial charge in [-0.25, -0.2) is 14.8 Å². The Morgan fingerprint density at radius 1 is 0.902 bits per heavy atom. The summed E-state index contributed by atoms with van der Waals surface area (Å²) in [6, 6.07) is 16.2. The van der Waals surface area contributed by atoms with E-state index in [1.54, 1.807) is 0 Å². The summed E-state index contributed by atoms with van der Waals surface area (Å²) in [5.41, 5.74) is 6.33. The highest BCUT2D eigenvalue weighted by Crippen LogP contribution is 2.50. The number of H-pyrrole nitrogens is 2. The molecule has 1 saturated heterocycles. The fourth-order valence-corrected chi connectivity index (χ4v) is 6.40. The van der Waals surface area contributed by atoms with Crippen LogP contribution >= 0.6 is 0 Å². The lowest BCUT2D eigenvalue weighted by Gasteiger charge is -2.37. The summed E-state index contributed by atoms with van der Waals surface area (Å²) in [4.78, 5) is 43.6. The molecule has 3 heterocycles. The quantitative estimate of drug-likeness (QED) is 0.265. The molecule has 4 aromatic rings. The first kappa shape index (κ1) is 26.8. The van der Waals surface area contributed by atoms with Crippen LogP contribution in [-0.4, -0.2) is 56.0 Å². The van der Waals surface area contributed by atoms with E-state index in [0.717, 1.165) is 64.6 Å². The van der Waals surface area contributed by atoms with E-state index >= 15 is 0 Å². The fraction of sp³-hybridized carbons (Fsp3) is 0.375. The number of methoxy groups -OCH3 is 1. The largest absolute Gasteiger partial charge is 0.453 e. The lowest BCUT2D eigenvalue weighted by atomic mass is 9.95. The van der Waals surface area contributed by atoms with E-state index in [-0.39, 0.29) is 23.9 Å². The van der Waals surface area contributed by atoms with E-state index in [1.807, 2.05) is 38.1 Å². The molecule has 1 saturated carbocycles. The maximum Gasteiger partial charge on any atom is 0.407 e. The van der Waals surface area contributed by atoms with Crippen molar-refractivity contribution in [1.82, 2.24) is 30.2 Å². The lowest BCUT2D eigenvalue weighted by Crippen LogP contribution is -2.54. The van der Waals surface area contributed by atoms with E-state index < -0.39 is 12.1 Å². The zero-order valence-corrected chi connectivity index (χ0v) is 23.8. The summed E-state index contributed by atoms with van der Waals surface area (Å²) >= 11 is 0. The number of fused-ring (bicyclic) bond motifs is 2. The first-order valence-corrected chi connectivity index (χ1v) is 14.3. The van der Waals surface area contributed by atoms with Gasteiger partial charge in [-0.2, -0.15) is 0 Å². The minimum Gasteiger partial charge on any atom is -0.453 e. The number of imidazole rings is 2. The van der Waals surface area contributed by atoms with Crippen LogP contribution < -0.4 is 5.32 Å². The molecular formula is C32H36N6O3. The molecule has 9 heteroatoms. The minimum absolute atomic E-state index is 0.0708. The van der Waals surface area contributed by atoms with Crippen LogP contribution in [-0.2, 0) is 9.53 Å². The second kappa shape index (κ2) is 10.9.